The van der Waals surface area contributed by atoms with Crippen LogP contribution < -0.4 is 24.5 Å². The van der Waals surface area contributed by atoms with Crippen molar-refractivity contribution in [1.82, 2.24) is 10.4 Å². The first kappa shape index (κ1) is 24.2. The molecule has 2 atom stereocenters. The molecule has 0 saturated heterocycles. The Labute approximate surface area is 205 Å². The van der Waals surface area contributed by atoms with Crippen molar-refractivity contribution in [3.63, 3.8) is 0 Å². The average Bonchev–Trinajstić information content (AvgIpc) is 2.90. The summed E-state index contributed by atoms with van der Waals surface area (Å²) >= 11 is 0. The van der Waals surface area contributed by atoms with E-state index in [2.05, 4.69) is 40.6 Å². The van der Waals surface area contributed by atoms with Gasteiger partial charge in [0, 0.05) is 29.9 Å². The van der Waals surface area contributed by atoms with Gasteiger partial charge in [-0.1, -0.05) is 0 Å². The van der Waals surface area contributed by atoms with Crippen LogP contribution in [0.15, 0.2) is 60.0 Å². The number of nitrogens with one attached hydrogen (secondary N) is 2. The van der Waals surface area contributed by atoms with Crippen molar-refractivity contribution in [2.24, 2.45) is 5.10 Å². The zero-order chi connectivity index (χ0) is 24.8. The molecule has 3 aromatic rings. The van der Waals surface area contributed by atoms with Crippen LogP contribution in [0.2, 0.25) is 0 Å². The van der Waals surface area contributed by atoms with E-state index in [-0.39, 0.29) is 11.9 Å². The Hall–Kier alpha value is -3.91. The number of carbonyl (C=O) groups is 1. The maximum atomic E-state index is 12.2. The highest BCUT2D eigenvalue weighted by atomic mass is 16.5. The summed E-state index contributed by atoms with van der Waals surface area (Å²) in [6, 6.07) is 13.8. The zero-order valence-electron chi connectivity index (χ0n) is 20.5. The Balaban J connectivity index is 1.50. The number of hydrazone groups is 1. The minimum atomic E-state index is -0.305. The molecular formula is C27H31N4O4+. The molecule has 8 heteroatoms. The van der Waals surface area contributed by atoms with Crippen LogP contribution >= 0.6 is 0 Å². The number of rotatable bonds is 8. The third-order valence-corrected chi connectivity index (χ3v) is 6.47. The number of amides is 1. The molecule has 0 radical (unpaired) electrons. The van der Waals surface area contributed by atoms with Gasteiger partial charge in [-0.2, -0.15) is 5.10 Å². The standard InChI is InChI=1S/C27H30N4O4/c1-18-23-14-26(35-4)25(34-3)13-20(23)9-11-31(18)17-22-12-19(7-8-24(22)33-2)15-29-30-27(32)21-6-5-10-28-16-21/h5-8,10,12-16,18H,9,11,17H2,1-4H3,(H,30,32)/p+1. The van der Waals surface area contributed by atoms with Crippen molar-refractivity contribution < 1.29 is 23.9 Å². The lowest BCUT2D eigenvalue weighted by molar-refractivity contribution is -0.945. The smallest absolute Gasteiger partial charge is 0.272 e. The molecular weight excluding hydrogens is 444 g/mol. The third kappa shape index (κ3) is 5.44. The molecule has 2 aromatic carbocycles. The fraction of sp³-hybridized carbons (Fsp3) is 0.296. The third-order valence-electron chi connectivity index (χ3n) is 6.47. The van der Waals surface area contributed by atoms with Gasteiger partial charge in [0.1, 0.15) is 18.3 Å². The minimum Gasteiger partial charge on any atom is -0.496 e. The highest BCUT2D eigenvalue weighted by Crippen LogP contribution is 2.34. The van der Waals surface area contributed by atoms with Crippen molar-refractivity contribution in [3.8, 4) is 17.2 Å². The summed E-state index contributed by atoms with van der Waals surface area (Å²) in [6.45, 7) is 4.03. The highest BCUT2D eigenvalue weighted by Gasteiger charge is 2.30. The van der Waals surface area contributed by atoms with E-state index in [4.69, 9.17) is 14.2 Å². The van der Waals surface area contributed by atoms with Crippen LogP contribution in [0.4, 0.5) is 0 Å². The van der Waals surface area contributed by atoms with E-state index in [1.54, 1.807) is 45.9 Å². The van der Waals surface area contributed by atoms with Gasteiger partial charge in [-0.25, -0.2) is 5.43 Å². The summed E-state index contributed by atoms with van der Waals surface area (Å²) < 4.78 is 16.7. The van der Waals surface area contributed by atoms with Crippen LogP contribution in [0.5, 0.6) is 17.2 Å². The zero-order valence-corrected chi connectivity index (χ0v) is 20.5. The molecule has 2 heterocycles. The molecule has 4 rings (SSSR count). The summed E-state index contributed by atoms with van der Waals surface area (Å²) in [5.74, 6) is 2.05. The molecule has 2 N–H and O–H groups in total. The first-order valence-electron chi connectivity index (χ1n) is 11.5. The van der Waals surface area contributed by atoms with Crippen LogP contribution in [0.3, 0.4) is 0 Å². The number of aromatic nitrogens is 1. The fourth-order valence-electron chi connectivity index (χ4n) is 4.52. The predicted molar refractivity (Wildman–Crippen MR) is 133 cm³/mol. The summed E-state index contributed by atoms with van der Waals surface area (Å²) in [6.07, 6.45) is 5.72. The maximum Gasteiger partial charge on any atom is 0.272 e. The van der Waals surface area contributed by atoms with Crippen LogP contribution in [-0.4, -0.2) is 45.0 Å². The molecule has 0 bridgehead atoms. The van der Waals surface area contributed by atoms with E-state index < -0.39 is 0 Å². The Kier molecular flexibility index (Phi) is 7.62. The van der Waals surface area contributed by atoms with Gasteiger partial charge in [-0.15, -0.1) is 0 Å². The number of quaternary nitrogens is 1. The van der Waals surface area contributed by atoms with Crippen LogP contribution in [0, 0.1) is 0 Å². The lowest BCUT2D eigenvalue weighted by Gasteiger charge is -2.33. The predicted octanol–water partition coefficient (Wildman–Crippen LogP) is 2.57. The van der Waals surface area contributed by atoms with E-state index in [1.807, 2.05) is 12.1 Å². The second kappa shape index (κ2) is 11.0. The Morgan fingerprint density at radius 1 is 1.11 bits per heavy atom. The quantitative estimate of drug-likeness (QED) is 0.386. The van der Waals surface area contributed by atoms with Gasteiger partial charge in [0.2, 0.25) is 0 Å². The van der Waals surface area contributed by atoms with Crippen LogP contribution in [0.1, 0.15) is 45.6 Å². The average molecular weight is 476 g/mol. The van der Waals surface area contributed by atoms with E-state index in [0.717, 1.165) is 47.9 Å². The van der Waals surface area contributed by atoms with Crippen LogP contribution in [-0.2, 0) is 13.0 Å². The summed E-state index contributed by atoms with van der Waals surface area (Å²) in [7, 11) is 5.02. The lowest BCUT2D eigenvalue weighted by atomic mass is 9.92. The summed E-state index contributed by atoms with van der Waals surface area (Å²) in [5, 5.41) is 4.12. The number of hydrogen-bond donors (Lipinski definition) is 2. The van der Waals surface area contributed by atoms with Gasteiger partial charge in [0.25, 0.3) is 5.91 Å². The van der Waals surface area contributed by atoms with Crippen molar-refractivity contribution in [2.45, 2.75) is 25.9 Å². The van der Waals surface area contributed by atoms with Crippen molar-refractivity contribution in [2.75, 3.05) is 27.9 Å². The SMILES string of the molecule is COc1ccc(C=NNC(=O)c2cccnc2)cc1C[NH+]1CCc2cc(OC)c(OC)cc2C1C. The largest absolute Gasteiger partial charge is 0.496 e. The van der Waals surface area contributed by atoms with E-state index in [1.165, 1.54) is 22.2 Å². The maximum absolute atomic E-state index is 12.2. The molecule has 0 aliphatic carbocycles. The van der Waals surface area contributed by atoms with E-state index >= 15 is 0 Å². The molecule has 182 valence electrons. The lowest BCUT2D eigenvalue weighted by Crippen LogP contribution is -3.11. The molecule has 35 heavy (non-hydrogen) atoms. The molecule has 0 spiro atoms. The van der Waals surface area contributed by atoms with E-state index in [9.17, 15) is 4.79 Å². The van der Waals surface area contributed by atoms with Crippen LogP contribution in [0.25, 0.3) is 0 Å². The molecule has 1 aromatic heterocycles. The molecule has 8 nitrogen and oxygen atoms in total. The van der Waals surface area contributed by atoms with Crippen molar-refractivity contribution >= 4 is 12.1 Å². The number of carbonyl (C=O) groups excluding carboxylic acids is 1. The fourth-order valence-corrected chi connectivity index (χ4v) is 4.52. The normalized spacial score (nSPS) is 17.0. The first-order valence-corrected chi connectivity index (χ1v) is 11.5. The van der Waals surface area contributed by atoms with E-state index in [0.29, 0.717) is 5.56 Å². The number of fused-ring (bicyclic) bond motifs is 1. The number of hydrogen-bond acceptors (Lipinski definition) is 6. The van der Waals surface area contributed by atoms with Gasteiger partial charge >= 0.3 is 0 Å². The second-order valence-electron chi connectivity index (χ2n) is 8.47. The van der Waals surface area contributed by atoms with Crippen molar-refractivity contribution in [3.05, 3.63) is 82.7 Å². The Morgan fingerprint density at radius 2 is 1.89 bits per heavy atom. The summed E-state index contributed by atoms with van der Waals surface area (Å²) in [4.78, 5) is 17.6. The molecule has 1 amide bonds. The Morgan fingerprint density at radius 3 is 2.60 bits per heavy atom. The number of ether oxygens (including phenoxy) is 3. The topological polar surface area (TPSA) is 86.5 Å². The second-order valence-corrected chi connectivity index (χ2v) is 8.47. The van der Waals surface area contributed by atoms with Gasteiger partial charge < -0.3 is 19.1 Å². The van der Waals surface area contributed by atoms with Gasteiger partial charge in [-0.3, -0.25) is 9.78 Å². The first-order chi connectivity index (χ1) is 17.0. The number of benzene rings is 2. The molecule has 1 aliphatic heterocycles. The van der Waals surface area contributed by atoms with Gasteiger partial charge in [0.15, 0.2) is 11.5 Å². The number of methoxy groups -OCH3 is 3. The van der Waals surface area contributed by atoms with Gasteiger partial charge in [-0.05, 0) is 60.5 Å². The minimum absolute atomic E-state index is 0.277. The number of nitrogens with zero attached hydrogens (tertiary/aromatic N) is 2. The Bertz CT molecular complexity index is 1210. The van der Waals surface area contributed by atoms with Crippen molar-refractivity contribution in [1.29, 1.82) is 0 Å². The number of pyridine rings is 1. The molecule has 1 aliphatic rings. The summed E-state index contributed by atoms with van der Waals surface area (Å²) in [5.41, 5.74) is 7.54. The highest BCUT2D eigenvalue weighted by molar-refractivity contribution is 5.94. The molecule has 0 fully saturated rings. The monoisotopic (exact) mass is 475 g/mol. The molecule has 0 saturated carbocycles. The van der Waals surface area contributed by atoms with Gasteiger partial charge in [0.05, 0.1) is 39.7 Å². The molecule has 2 unspecified atom stereocenters.